The van der Waals surface area contributed by atoms with Gasteiger partial charge >= 0.3 is 6.03 Å². The van der Waals surface area contributed by atoms with Gasteiger partial charge in [0.1, 0.15) is 5.75 Å². The molecule has 0 radical (unpaired) electrons. The van der Waals surface area contributed by atoms with Crippen LogP contribution in [0.4, 0.5) is 29.5 Å². The molecule has 0 aliphatic carbocycles. The van der Waals surface area contributed by atoms with Crippen LogP contribution >= 0.6 is 0 Å². The molecule has 5 aromatic rings. The summed E-state index contributed by atoms with van der Waals surface area (Å²) in [7, 11) is 3.17. The van der Waals surface area contributed by atoms with Crippen molar-refractivity contribution in [2.75, 3.05) is 75.9 Å². The number of benzene rings is 4. The lowest BCUT2D eigenvalue weighted by Crippen LogP contribution is -2.62. The van der Waals surface area contributed by atoms with Crippen LogP contribution in [-0.2, 0) is 18.3 Å². The SMILES string of the molecule is CCOc1cc([C@@H](CC#N)N2C(=O)c3cccc(N4CCN([C@@H]5CCN(CCc6ccc(Oc7cc8c(cc7F)c(N7CCC(=O)NC7=O)nn8C)cc6)CC5(F)F)CC4)c3C2=O)ccc1OC. The highest BCUT2D eigenvalue weighted by Gasteiger charge is 2.48. The van der Waals surface area contributed by atoms with Crippen LogP contribution in [0.15, 0.2) is 72.8 Å². The zero-order chi connectivity index (χ0) is 47.9. The van der Waals surface area contributed by atoms with E-state index in [1.807, 2.05) is 28.9 Å². The Kier molecular flexibility index (Phi) is 12.7. The number of piperazine rings is 1. The second-order valence-electron chi connectivity index (χ2n) is 17.3. The van der Waals surface area contributed by atoms with E-state index in [-0.39, 0.29) is 61.0 Å². The first kappa shape index (κ1) is 46.0. The average Bonchev–Trinajstić information content (AvgIpc) is 3.77. The van der Waals surface area contributed by atoms with Gasteiger partial charge in [-0.25, -0.2) is 18.0 Å². The van der Waals surface area contributed by atoms with Gasteiger partial charge in [-0.1, -0.05) is 24.3 Å². The number of halogens is 3. The molecular formula is C49H50F3N9O7. The fourth-order valence-corrected chi connectivity index (χ4v) is 9.78. The third-order valence-electron chi connectivity index (χ3n) is 13.2. The number of likely N-dealkylation sites (tertiary alicyclic amines) is 1. The van der Waals surface area contributed by atoms with Gasteiger partial charge in [-0.3, -0.25) is 44.0 Å². The molecule has 19 heteroatoms. The maximum Gasteiger partial charge on any atom is 0.329 e. The molecule has 2 atom stereocenters. The van der Waals surface area contributed by atoms with Crippen molar-refractivity contribution in [3.05, 3.63) is 101 Å². The Hall–Kier alpha value is -7.17. The van der Waals surface area contributed by atoms with Crippen molar-refractivity contribution < 1.29 is 46.6 Å². The largest absolute Gasteiger partial charge is 0.493 e. The molecule has 16 nitrogen and oxygen atoms in total. The molecule has 0 spiro atoms. The van der Waals surface area contributed by atoms with E-state index >= 15 is 13.2 Å². The Labute approximate surface area is 390 Å². The van der Waals surface area contributed by atoms with E-state index in [0.29, 0.717) is 91.7 Å². The number of aromatic nitrogens is 2. The molecule has 5 amide bonds. The van der Waals surface area contributed by atoms with Crippen molar-refractivity contribution in [3.63, 3.8) is 0 Å². The number of urea groups is 1. The molecule has 4 aromatic carbocycles. The van der Waals surface area contributed by atoms with Gasteiger partial charge in [-0.2, -0.15) is 10.4 Å². The van der Waals surface area contributed by atoms with E-state index in [1.165, 1.54) is 28.8 Å². The predicted octanol–water partition coefficient (Wildman–Crippen LogP) is 6.68. The highest BCUT2D eigenvalue weighted by Crippen LogP contribution is 2.41. The predicted molar refractivity (Wildman–Crippen MR) is 244 cm³/mol. The van der Waals surface area contributed by atoms with Gasteiger partial charge < -0.3 is 19.1 Å². The van der Waals surface area contributed by atoms with Crippen molar-refractivity contribution in [2.45, 2.75) is 50.6 Å². The average molecular weight is 934 g/mol. The molecule has 5 heterocycles. The summed E-state index contributed by atoms with van der Waals surface area (Å²) < 4.78 is 65.9. The zero-order valence-corrected chi connectivity index (χ0v) is 37.8. The topological polar surface area (TPSA) is 166 Å². The van der Waals surface area contributed by atoms with E-state index in [1.54, 1.807) is 60.5 Å². The Balaban J connectivity index is 0.790. The fraction of sp³-hybridized carbons (Fsp3) is 0.388. The van der Waals surface area contributed by atoms with Crippen LogP contribution in [0.2, 0.25) is 0 Å². The molecule has 4 aliphatic heterocycles. The number of fused-ring (bicyclic) bond motifs is 2. The lowest BCUT2D eigenvalue weighted by Gasteiger charge is -2.46. The number of imide groups is 2. The number of nitrogens with one attached hydrogen (secondary N) is 1. The van der Waals surface area contributed by atoms with Crippen LogP contribution in [0.1, 0.15) is 64.1 Å². The summed E-state index contributed by atoms with van der Waals surface area (Å²) in [5.41, 5.74) is 3.00. The molecule has 0 saturated carbocycles. The number of amides is 5. The van der Waals surface area contributed by atoms with Gasteiger partial charge in [0.2, 0.25) is 5.91 Å². The number of carbonyl (C=O) groups is 4. The molecule has 1 N–H and O–H groups in total. The summed E-state index contributed by atoms with van der Waals surface area (Å²) in [6.45, 7) is 4.25. The number of methoxy groups -OCH3 is 1. The molecule has 0 bridgehead atoms. The van der Waals surface area contributed by atoms with E-state index in [0.717, 1.165) is 10.5 Å². The number of piperidine rings is 1. The number of anilines is 2. The monoisotopic (exact) mass is 933 g/mol. The van der Waals surface area contributed by atoms with Crippen molar-refractivity contribution in [2.24, 2.45) is 7.05 Å². The first-order chi connectivity index (χ1) is 32.8. The highest BCUT2D eigenvalue weighted by molar-refractivity contribution is 6.24. The first-order valence-corrected chi connectivity index (χ1v) is 22.6. The molecule has 9 rings (SSSR count). The second-order valence-corrected chi connectivity index (χ2v) is 17.3. The van der Waals surface area contributed by atoms with Crippen molar-refractivity contribution >= 4 is 46.2 Å². The minimum atomic E-state index is -2.98. The molecule has 1 aromatic heterocycles. The number of nitriles is 1. The van der Waals surface area contributed by atoms with Crippen molar-refractivity contribution in [3.8, 4) is 29.1 Å². The normalized spacial score (nSPS) is 19.2. The molecule has 68 heavy (non-hydrogen) atoms. The lowest BCUT2D eigenvalue weighted by atomic mass is 9.97. The summed E-state index contributed by atoms with van der Waals surface area (Å²) in [4.78, 5) is 60.3. The number of carbonyl (C=O) groups excluding carboxylic acids is 4. The van der Waals surface area contributed by atoms with E-state index in [2.05, 4.69) is 16.5 Å². The Bertz CT molecular complexity index is 2820. The van der Waals surface area contributed by atoms with E-state index < -0.39 is 41.7 Å². The van der Waals surface area contributed by atoms with Gasteiger partial charge in [0.25, 0.3) is 17.7 Å². The number of hydrogen-bond donors (Lipinski definition) is 1. The molecule has 354 valence electrons. The lowest BCUT2D eigenvalue weighted by molar-refractivity contribution is -0.127. The number of nitrogens with zero attached hydrogens (tertiary/aromatic N) is 8. The summed E-state index contributed by atoms with van der Waals surface area (Å²) in [6, 6.07) is 19.6. The minimum absolute atomic E-state index is 0.0454. The van der Waals surface area contributed by atoms with Gasteiger partial charge in [0.05, 0.1) is 67.2 Å². The fourth-order valence-electron chi connectivity index (χ4n) is 9.78. The minimum Gasteiger partial charge on any atom is -0.493 e. The molecule has 3 saturated heterocycles. The smallest absolute Gasteiger partial charge is 0.329 e. The van der Waals surface area contributed by atoms with Crippen molar-refractivity contribution in [1.29, 1.82) is 5.26 Å². The standard InChI is InChI=1S/C49H50F3N9O7/c1-4-67-41-26-31(10-13-39(41)66-3)36(14-18-53)61-46(63)33-6-5-7-37(44(33)47(61)64)58-22-24-59(25-23-58)42-16-20-57(29-49(42,51)52)19-15-30-8-11-32(12-9-30)68-40-28-38-34(27-35(40)50)45(55-56(38)2)60-21-17-43(62)54-48(60)65/h5-13,26-28,36,42H,4,14-17,19-25,29H2,1-3H3,(H,54,62,65)/t36-,42-/m1/s1. The quantitative estimate of drug-likeness (QED) is 0.118. The third kappa shape index (κ3) is 8.76. The first-order valence-electron chi connectivity index (χ1n) is 22.6. The number of ether oxygens (including phenoxy) is 3. The van der Waals surface area contributed by atoms with Crippen LogP contribution < -0.4 is 29.3 Å². The molecular weight excluding hydrogens is 884 g/mol. The van der Waals surface area contributed by atoms with E-state index in [4.69, 9.17) is 14.2 Å². The Morgan fingerprint density at radius 3 is 2.41 bits per heavy atom. The third-order valence-corrected chi connectivity index (χ3v) is 13.2. The number of rotatable bonds is 14. The molecule has 0 unspecified atom stereocenters. The van der Waals surface area contributed by atoms with Gasteiger partial charge in [0, 0.05) is 70.7 Å². The highest BCUT2D eigenvalue weighted by atomic mass is 19.3. The Morgan fingerprint density at radius 2 is 1.71 bits per heavy atom. The van der Waals surface area contributed by atoms with Gasteiger partial charge in [-0.05, 0) is 73.4 Å². The van der Waals surface area contributed by atoms with E-state index in [9.17, 15) is 24.4 Å². The molecule has 4 aliphatic rings. The maximum atomic E-state index is 16.0. The van der Waals surface area contributed by atoms with Crippen LogP contribution in [0.3, 0.4) is 0 Å². The number of aryl methyl sites for hydroxylation is 1. The summed E-state index contributed by atoms with van der Waals surface area (Å²) in [5.74, 6) is -3.58. The zero-order valence-electron chi connectivity index (χ0n) is 37.8. The Morgan fingerprint density at radius 1 is 0.926 bits per heavy atom. The summed E-state index contributed by atoms with van der Waals surface area (Å²) >= 11 is 0. The number of hydrogen-bond acceptors (Lipinski definition) is 12. The van der Waals surface area contributed by atoms with Crippen LogP contribution in [0.25, 0.3) is 10.9 Å². The summed E-state index contributed by atoms with van der Waals surface area (Å²) in [6.07, 6.45) is 0.752. The second kappa shape index (κ2) is 18.8. The molecule has 3 fully saturated rings. The van der Waals surface area contributed by atoms with Crippen molar-refractivity contribution in [1.82, 2.24) is 29.8 Å². The van der Waals surface area contributed by atoms with Gasteiger partial charge in [0.15, 0.2) is 28.9 Å². The summed E-state index contributed by atoms with van der Waals surface area (Å²) in [5, 5.41) is 16.8. The maximum absolute atomic E-state index is 16.0. The van der Waals surface area contributed by atoms with Crippen LogP contribution in [-0.4, -0.2) is 126 Å². The number of alkyl halides is 2. The van der Waals surface area contributed by atoms with Crippen LogP contribution in [0.5, 0.6) is 23.0 Å². The van der Waals surface area contributed by atoms with Crippen LogP contribution in [0, 0.1) is 17.1 Å². The van der Waals surface area contributed by atoms with Gasteiger partial charge in [-0.15, -0.1) is 0 Å².